The molecule has 3 N–H and O–H groups in total. The molecule has 170 valence electrons. The molecule has 1 unspecified atom stereocenters. The highest BCUT2D eigenvalue weighted by Crippen LogP contribution is 2.43. The number of phosphoric acid groups is 1. The first kappa shape index (κ1) is 28.0. The highest BCUT2D eigenvalue weighted by atomic mass is 31.2. The fraction of sp³-hybridized carbons (Fsp3) is 1.00. The summed E-state index contributed by atoms with van der Waals surface area (Å²) in [6, 6.07) is 0. The number of quaternary nitrogens is 1. The lowest BCUT2D eigenvalue weighted by Gasteiger charge is -2.24. The third-order valence-corrected chi connectivity index (χ3v) is 5.72. The number of hydrogen-bond acceptors (Lipinski definition) is 5. The van der Waals surface area contributed by atoms with Gasteiger partial charge in [-0.05, 0) is 6.42 Å². The van der Waals surface area contributed by atoms with Crippen molar-refractivity contribution in [2.24, 2.45) is 0 Å². The normalized spacial score (nSPS) is 15.0. The third kappa shape index (κ3) is 19.3. The molecule has 0 aromatic heterocycles. The van der Waals surface area contributed by atoms with Crippen LogP contribution in [0.2, 0.25) is 0 Å². The van der Waals surface area contributed by atoms with E-state index in [1.54, 1.807) is 0 Å². The van der Waals surface area contributed by atoms with Gasteiger partial charge in [-0.15, -0.1) is 0 Å². The zero-order chi connectivity index (χ0) is 21.5. The van der Waals surface area contributed by atoms with Crippen molar-refractivity contribution in [1.29, 1.82) is 0 Å². The van der Waals surface area contributed by atoms with E-state index >= 15 is 0 Å². The van der Waals surface area contributed by atoms with Gasteiger partial charge in [0.2, 0.25) is 0 Å². The molecule has 0 aromatic rings. The molecule has 8 heteroatoms. The van der Waals surface area contributed by atoms with Crippen LogP contribution in [0.5, 0.6) is 0 Å². The topological polar surface area (TPSA) is 96.2 Å². The Morgan fingerprint density at radius 3 is 1.75 bits per heavy atom. The lowest BCUT2D eigenvalue weighted by atomic mass is 10.0. The summed E-state index contributed by atoms with van der Waals surface area (Å²) in [4.78, 5) is 9.61. The summed E-state index contributed by atoms with van der Waals surface area (Å²) in [7, 11) is 1.70. The first-order valence-corrected chi connectivity index (χ1v) is 12.3. The zero-order valence-electron chi connectivity index (χ0n) is 18.6. The predicted octanol–water partition coefficient (Wildman–Crippen LogP) is 4.21. The summed E-state index contributed by atoms with van der Waals surface area (Å²) in [5.41, 5.74) is 0. The fourth-order valence-corrected chi connectivity index (χ4v) is 3.52. The molecule has 0 aliphatic carbocycles. The van der Waals surface area contributed by atoms with Crippen LogP contribution in [0, 0.1) is 0 Å². The van der Waals surface area contributed by atoms with E-state index in [4.69, 9.17) is 9.05 Å². The second-order valence-corrected chi connectivity index (χ2v) is 10.3. The average Bonchev–Trinajstić information content (AvgIpc) is 2.54. The summed E-state index contributed by atoms with van der Waals surface area (Å²) < 4.78 is 22.1. The molecule has 0 saturated heterocycles. The van der Waals surface area contributed by atoms with Crippen LogP contribution in [0.4, 0.5) is 0 Å². The number of aliphatic hydroxyl groups is 2. The van der Waals surface area contributed by atoms with E-state index in [2.05, 4.69) is 6.92 Å². The van der Waals surface area contributed by atoms with Crippen LogP contribution in [0.15, 0.2) is 0 Å². The number of phosphoric ester groups is 1. The van der Waals surface area contributed by atoms with Gasteiger partial charge in [0.25, 0.3) is 0 Å². The third-order valence-electron chi connectivity index (χ3n) is 4.70. The summed E-state index contributed by atoms with van der Waals surface area (Å²) in [5, 5.41) is 20.0. The lowest BCUT2D eigenvalue weighted by Crippen LogP contribution is -2.37. The predicted molar refractivity (Wildman–Crippen MR) is 113 cm³/mol. The fourth-order valence-electron chi connectivity index (χ4n) is 2.81. The summed E-state index contributed by atoms with van der Waals surface area (Å²) in [6.07, 6.45) is 11.9. The van der Waals surface area contributed by atoms with Crippen LogP contribution in [0.25, 0.3) is 0 Å². The van der Waals surface area contributed by atoms with Gasteiger partial charge in [0, 0.05) is 12.8 Å². The van der Waals surface area contributed by atoms with Crippen molar-refractivity contribution >= 4 is 7.82 Å². The molecule has 28 heavy (non-hydrogen) atoms. The number of hydrogen-bond donors (Lipinski definition) is 3. The van der Waals surface area contributed by atoms with Gasteiger partial charge in [0.15, 0.2) is 5.79 Å². The van der Waals surface area contributed by atoms with Crippen molar-refractivity contribution in [3.63, 3.8) is 0 Å². The molecule has 0 saturated carbocycles. The molecule has 0 radical (unpaired) electrons. The van der Waals surface area contributed by atoms with Crippen LogP contribution >= 0.6 is 7.82 Å². The Bertz CT molecular complexity index is 425. The Hall–Kier alpha value is -0.0100. The molecule has 0 aliphatic heterocycles. The van der Waals surface area contributed by atoms with E-state index in [0.29, 0.717) is 11.0 Å². The van der Waals surface area contributed by atoms with Gasteiger partial charge >= 0.3 is 7.82 Å². The minimum Gasteiger partial charge on any atom is -0.366 e. The molecule has 0 aliphatic rings. The van der Waals surface area contributed by atoms with Crippen molar-refractivity contribution in [3.05, 3.63) is 0 Å². The second kappa shape index (κ2) is 14.9. The van der Waals surface area contributed by atoms with Gasteiger partial charge in [-0.2, -0.15) is 0 Å². The minimum atomic E-state index is -4.15. The molecule has 7 nitrogen and oxygen atoms in total. The quantitative estimate of drug-likeness (QED) is 0.124. The maximum Gasteiger partial charge on any atom is 0.472 e. The van der Waals surface area contributed by atoms with Crippen LogP contribution < -0.4 is 0 Å². The van der Waals surface area contributed by atoms with Gasteiger partial charge in [-0.1, -0.05) is 64.7 Å². The van der Waals surface area contributed by atoms with Gasteiger partial charge < -0.3 is 19.6 Å². The van der Waals surface area contributed by atoms with Gasteiger partial charge in [0.1, 0.15) is 13.2 Å². The van der Waals surface area contributed by atoms with Crippen LogP contribution in [0.1, 0.15) is 84.0 Å². The van der Waals surface area contributed by atoms with E-state index in [0.717, 1.165) is 19.3 Å². The smallest absolute Gasteiger partial charge is 0.366 e. The van der Waals surface area contributed by atoms with E-state index in [1.165, 1.54) is 44.9 Å². The molecule has 0 spiro atoms. The summed E-state index contributed by atoms with van der Waals surface area (Å²) in [6.45, 7) is 2.65. The zero-order valence-corrected chi connectivity index (χ0v) is 19.5. The van der Waals surface area contributed by atoms with Crippen LogP contribution in [-0.2, 0) is 13.6 Å². The standard InChI is InChI=1S/C20H44NO6P/c1-5-6-7-8-9-10-11-12-13-14-15-20(22,23)16-18-26-28(24,25)27-19-17-21(2,3)4/h22-23H,5-19H2,1-4H3/p+1. The maximum atomic E-state index is 11.8. The molecule has 0 amide bonds. The Kier molecular flexibility index (Phi) is 14.9. The number of likely N-dealkylation sites (N-methyl/N-ethyl adjacent to an activating group) is 1. The summed E-state index contributed by atoms with van der Waals surface area (Å²) in [5.74, 6) is -1.87. The van der Waals surface area contributed by atoms with Crippen molar-refractivity contribution < 1.29 is 33.2 Å². The Balaban J connectivity index is 3.72. The number of nitrogens with zero attached hydrogens (tertiary/aromatic N) is 1. The molecule has 0 heterocycles. The highest BCUT2D eigenvalue weighted by molar-refractivity contribution is 7.47. The van der Waals surface area contributed by atoms with Crippen molar-refractivity contribution in [2.75, 3.05) is 40.9 Å². The average molecular weight is 427 g/mol. The van der Waals surface area contributed by atoms with Crippen molar-refractivity contribution in [2.45, 2.75) is 89.8 Å². The Labute approximate surface area is 172 Å². The SMILES string of the molecule is CCCCCCCCCCCCC(O)(O)CCOP(=O)(O)OCC[N+](C)(C)C. The van der Waals surface area contributed by atoms with Crippen molar-refractivity contribution in [1.82, 2.24) is 0 Å². The first-order chi connectivity index (χ1) is 13.0. The van der Waals surface area contributed by atoms with Crippen molar-refractivity contribution in [3.8, 4) is 0 Å². The van der Waals surface area contributed by atoms with E-state index in [-0.39, 0.29) is 26.1 Å². The van der Waals surface area contributed by atoms with Gasteiger partial charge in [0.05, 0.1) is 27.7 Å². The largest absolute Gasteiger partial charge is 0.472 e. The monoisotopic (exact) mass is 426 g/mol. The lowest BCUT2D eigenvalue weighted by molar-refractivity contribution is -0.870. The second-order valence-electron chi connectivity index (χ2n) is 8.81. The maximum absolute atomic E-state index is 11.8. The first-order valence-electron chi connectivity index (χ1n) is 10.8. The summed E-state index contributed by atoms with van der Waals surface area (Å²) >= 11 is 0. The van der Waals surface area contributed by atoms with E-state index in [9.17, 15) is 19.7 Å². The number of rotatable bonds is 19. The Morgan fingerprint density at radius 1 is 0.786 bits per heavy atom. The molecular formula is C20H45NO6P+. The minimum absolute atomic E-state index is 0.0965. The van der Waals surface area contributed by atoms with E-state index in [1.807, 2.05) is 21.1 Å². The van der Waals surface area contributed by atoms with Crippen LogP contribution in [0.3, 0.4) is 0 Å². The number of unbranched alkanes of at least 4 members (excludes halogenated alkanes) is 9. The molecular weight excluding hydrogens is 381 g/mol. The molecule has 0 aromatic carbocycles. The molecule has 1 atom stereocenters. The van der Waals surface area contributed by atoms with Gasteiger partial charge in [-0.25, -0.2) is 4.57 Å². The Morgan fingerprint density at radius 2 is 1.25 bits per heavy atom. The molecule has 0 rings (SSSR count). The highest BCUT2D eigenvalue weighted by Gasteiger charge is 2.27. The van der Waals surface area contributed by atoms with E-state index < -0.39 is 13.6 Å². The molecule has 0 bridgehead atoms. The van der Waals surface area contributed by atoms with Gasteiger partial charge in [-0.3, -0.25) is 9.05 Å². The van der Waals surface area contributed by atoms with Crippen LogP contribution in [-0.4, -0.2) is 66.3 Å². The molecule has 0 fully saturated rings.